The lowest BCUT2D eigenvalue weighted by Gasteiger charge is -2.07. The van der Waals surface area contributed by atoms with Crippen molar-refractivity contribution < 1.29 is 4.79 Å². The first-order valence-electron chi connectivity index (χ1n) is 7.56. The van der Waals surface area contributed by atoms with Crippen LogP contribution in [0.1, 0.15) is 15.9 Å². The van der Waals surface area contributed by atoms with Gasteiger partial charge in [0.15, 0.2) is 5.78 Å². The van der Waals surface area contributed by atoms with Crippen molar-refractivity contribution in [3.63, 3.8) is 0 Å². The minimum absolute atomic E-state index is 0.0296. The number of nitrogens with zero attached hydrogens (tertiary/aromatic N) is 4. The lowest BCUT2D eigenvalue weighted by atomic mass is 10.0. The number of benzene rings is 2. The van der Waals surface area contributed by atoms with Crippen LogP contribution >= 0.6 is 0 Å². The lowest BCUT2D eigenvalue weighted by Crippen LogP contribution is -2.05. The van der Waals surface area contributed by atoms with Gasteiger partial charge in [-0.1, -0.05) is 24.3 Å². The fraction of sp³-hybridized carbons (Fsp3) is 0. The topological polar surface area (TPSA) is 52.7 Å². The Morgan fingerprint density at radius 2 is 1.21 bits per heavy atom. The summed E-state index contributed by atoms with van der Waals surface area (Å²) in [5, 5.41) is 8.40. The zero-order valence-electron chi connectivity index (χ0n) is 12.8. The number of rotatable bonds is 4. The highest BCUT2D eigenvalue weighted by molar-refractivity contribution is 6.09. The van der Waals surface area contributed by atoms with Gasteiger partial charge >= 0.3 is 0 Å². The summed E-state index contributed by atoms with van der Waals surface area (Å²) < 4.78 is 3.47. The van der Waals surface area contributed by atoms with Crippen LogP contribution in [-0.4, -0.2) is 25.3 Å². The van der Waals surface area contributed by atoms with Crippen molar-refractivity contribution in [2.45, 2.75) is 0 Å². The SMILES string of the molecule is O=C(c1cccc(-n2cccn2)c1)c1cccc(-n2cccn2)c1. The third kappa shape index (κ3) is 2.63. The molecule has 0 aliphatic heterocycles. The molecular formula is C19H14N4O. The Morgan fingerprint density at radius 3 is 1.62 bits per heavy atom. The molecule has 4 aromatic rings. The van der Waals surface area contributed by atoms with E-state index in [0.29, 0.717) is 11.1 Å². The van der Waals surface area contributed by atoms with Gasteiger partial charge in [0.25, 0.3) is 0 Å². The van der Waals surface area contributed by atoms with E-state index in [-0.39, 0.29) is 5.78 Å². The Labute approximate surface area is 138 Å². The molecular weight excluding hydrogens is 300 g/mol. The molecule has 2 aromatic heterocycles. The van der Waals surface area contributed by atoms with Crippen LogP contribution in [0.5, 0.6) is 0 Å². The van der Waals surface area contributed by atoms with Crippen LogP contribution in [0.2, 0.25) is 0 Å². The van der Waals surface area contributed by atoms with Crippen molar-refractivity contribution in [2.75, 3.05) is 0 Å². The molecule has 5 heteroatoms. The first-order valence-corrected chi connectivity index (χ1v) is 7.56. The van der Waals surface area contributed by atoms with Crippen molar-refractivity contribution in [3.05, 3.63) is 96.6 Å². The van der Waals surface area contributed by atoms with Crippen LogP contribution < -0.4 is 0 Å². The van der Waals surface area contributed by atoms with Gasteiger partial charge in [0.1, 0.15) is 0 Å². The average molecular weight is 314 g/mol. The van der Waals surface area contributed by atoms with Gasteiger partial charge in [0, 0.05) is 35.9 Å². The molecule has 5 nitrogen and oxygen atoms in total. The molecule has 0 aliphatic carbocycles. The van der Waals surface area contributed by atoms with E-state index in [1.807, 2.05) is 73.1 Å². The van der Waals surface area contributed by atoms with Crippen molar-refractivity contribution in [2.24, 2.45) is 0 Å². The summed E-state index contributed by atoms with van der Waals surface area (Å²) in [6, 6.07) is 18.6. The molecule has 0 unspecified atom stereocenters. The summed E-state index contributed by atoms with van der Waals surface area (Å²) in [5.74, 6) is -0.0296. The van der Waals surface area contributed by atoms with Gasteiger partial charge in [-0.15, -0.1) is 0 Å². The highest BCUT2D eigenvalue weighted by atomic mass is 16.1. The van der Waals surface area contributed by atoms with Crippen LogP contribution in [0.4, 0.5) is 0 Å². The predicted molar refractivity (Wildman–Crippen MR) is 90.6 cm³/mol. The van der Waals surface area contributed by atoms with Crippen LogP contribution in [0.25, 0.3) is 11.4 Å². The molecule has 2 aromatic carbocycles. The molecule has 0 bridgehead atoms. The number of carbonyl (C=O) groups is 1. The third-order valence-corrected chi connectivity index (χ3v) is 3.75. The molecule has 0 aliphatic rings. The van der Waals surface area contributed by atoms with Crippen LogP contribution in [0.15, 0.2) is 85.5 Å². The summed E-state index contributed by atoms with van der Waals surface area (Å²) >= 11 is 0. The van der Waals surface area contributed by atoms with E-state index in [1.54, 1.807) is 21.8 Å². The Hall–Kier alpha value is -3.47. The quantitative estimate of drug-likeness (QED) is 0.543. The molecule has 116 valence electrons. The van der Waals surface area contributed by atoms with Gasteiger partial charge in [-0.2, -0.15) is 10.2 Å². The van der Waals surface area contributed by atoms with E-state index in [1.165, 1.54) is 0 Å². The van der Waals surface area contributed by atoms with Gasteiger partial charge in [-0.3, -0.25) is 4.79 Å². The summed E-state index contributed by atoms with van der Waals surface area (Å²) in [4.78, 5) is 12.8. The van der Waals surface area contributed by atoms with Gasteiger partial charge in [-0.25, -0.2) is 9.36 Å². The van der Waals surface area contributed by atoms with E-state index in [9.17, 15) is 4.79 Å². The minimum Gasteiger partial charge on any atom is -0.289 e. The third-order valence-electron chi connectivity index (χ3n) is 3.75. The second-order valence-electron chi connectivity index (χ2n) is 5.33. The lowest BCUT2D eigenvalue weighted by molar-refractivity contribution is 0.103. The number of aromatic nitrogens is 4. The zero-order chi connectivity index (χ0) is 16.4. The molecule has 4 rings (SSSR count). The van der Waals surface area contributed by atoms with Gasteiger partial charge in [0.05, 0.1) is 11.4 Å². The maximum Gasteiger partial charge on any atom is 0.193 e. The predicted octanol–water partition coefficient (Wildman–Crippen LogP) is 3.29. The molecule has 0 amide bonds. The van der Waals surface area contributed by atoms with Crippen molar-refractivity contribution in [3.8, 4) is 11.4 Å². The smallest absolute Gasteiger partial charge is 0.193 e. The Kier molecular flexibility index (Phi) is 3.51. The normalized spacial score (nSPS) is 10.7. The van der Waals surface area contributed by atoms with E-state index >= 15 is 0 Å². The highest BCUT2D eigenvalue weighted by Gasteiger charge is 2.11. The van der Waals surface area contributed by atoms with Gasteiger partial charge in [-0.05, 0) is 36.4 Å². The Bertz CT molecular complexity index is 893. The molecule has 0 saturated carbocycles. The van der Waals surface area contributed by atoms with Gasteiger partial charge < -0.3 is 0 Å². The second-order valence-corrected chi connectivity index (χ2v) is 5.33. The summed E-state index contributed by atoms with van der Waals surface area (Å²) in [7, 11) is 0. The number of carbonyl (C=O) groups excluding carboxylic acids is 1. The fourth-order valence-corrected chi connectivity index (χ4v) is 2.59. The molecule has 0 spiro atoms. The molecule has 0 radical (unpaired) electrons. The molecule has 2 heterocycles. The minimum atomic E-state index is -0.0296. The monoisotopic (exact) mass is 314 g/mol. The largest absolute Gasteiger partial charge is 0.289 e. The molecule has 0 atom stereocenters. The van der Waals surface area contributed by atoms with Crippen LogP contribution in [-0.2, 0) is 0 Å². The first-order chi connectivity index (χ1) is 11.8. The van der Waals surface area contributed by atoms with Gasteiger partial charge in [0.2, 0.25) is 0 Å². The van der Waals surface area contributed by atoms with E-state index in [2.05, 4.69) is 10.2 Å². The standard InChI is InChI=1S/C19H14N4O/c24-19(15-5-1-7-17(13-15)22-11-3-9-20-22)16-6-2-8-18(14-16)23-12-4-10-21-23/h1-14H. The fourth-order valence-electron chi connectivity index (χ4n) is 2.59. The van der Waals surface area contributed by atoms with E-state index in [0.717, 1.165) is 11.4 Å². The maximum absolute atomic E-state index is 12.8. The van der Waals surface area contributed by atoms with E-state index < -0.39 is 0 Å². The van der Waals surface area contributed by atoms with Crippen LogP contribution in [0.3, 0.4) is 0 Å². The second kappa shape index (κ2) is 5.96. The van der Waals surface area contributed by atoms with Crippen molar-refractivity contribution in [1.82, 2.24) is 19.6 Å². The first kappa shape index (κ1) is 14.1. The molecule has 24 heavy (non-hydrogen) atoms. The van der Waals surface area contributed by atoms with Crippen molar-refractivity contribution in [1.29, 1.82) is 0 Å². The van der Waals surface area contributed by atoms with E-state index in [4.69, 9.17) is 0 Å². The highest BCUT2D eigenvalue weighted by Crippen LogP contribution is 2.16. The van der Waals surface area contributed by atoms with Crippen molar-refractivity contribution >= 4 is 5.78 Å². The molecule has 0 saturated heterocycles. The Morgan fingerprint density at radius 1 is 0.708 bits per heavy atom. The average Bonchev–Trinajstić information content (AvgIpc) is 3.35. The molecule has 0 fully saturated rings. The summed E-state index contributed by atoms with van der Waals surface area (Å²) in [6.45, 7) is 0. The number of hydrogen-bond acceptors (Lipinski definition) is 3. The number of ketones is 1. The number of hydrogen-bond donors (Lipinski definition) is 0. The van der Waals surface area contributed by atoms with Crippen LogP contribution in [0, 0.1) is 0 Å². The maximum atomic E-state index is 12.8. The summed E-state index contributed by atoms with van der Waals surface area (Å²) in [5.41, 5.74) is 2.96. The Balaban J connectivity index is 1.69. The molecule has 0 N–H and O–H groups in total. The zero-order valence-corrected chi connectivity index (χ0v) is 12.8. The summed E-state index contributed by atoms with van der Waals surface area (Å²) in [6.07, 6.45) is 7.12.